The van der Waals surface area contributed by atoms with Crippen LogP contribution in [0.15, 0.2) is 48.5 Å². The van der Waals surface area contributed by atoms with Crippen LogP contribution in [0.25, 0.3) is 0 Å². The summed E-state index contributed by atoms with van der Waals surface area (Å²) in [5, 5.41) is 9.24. The van der Waals surface area contributed by atoms with Crippen LogP contribution in [-0.2, 0) is 13.1 Å². The summed E-state index contributed by atoms with van der Waals surface area (Å²) < 4.78 is 0. The molecule has 0 spiro atoms. The van der Waals surface area contributed by atoms with E-state index in [2.05, 4.69) is 23.1 Å². The van der Waals surface area contributed by atoms with Crippen LogP contribution in [0.3, 0.4) is 0 Å². The van der Waals surface area contributed by atoms with E-state index in [4.69, 9.17) is 5.73 Å². The van der Waals surface area contributed by atoms with E-state index in [1.54, 1.807) is 0 Å². The summed E-state index contributed by atoms with van der Waals surface area (Å²) >= 11 is 0. The summed E-state index contributed by atoms with van der Waals surface area (Å²) in [6, 6.07) is 18.2. The van der Waals surface area contributed by atoms with Gasteiger partial charge in [0, 0.05) is 20.1 Å². The van der Waals surface area contributed by atoms with Crippen LogP contribution in [0.2, 0.25) is 0 Å². The Morgan fingerprint density at radius 2 is 1.84 bits per heavy atom. The van der Waals surface area contributed by atoms with Gasteiger partial charge in [-0.25, -0.2) is 0 Å². The fourth-order valence-electron chi connectivity index (χ4n) is 2.08. The monoisotopic (exact) mass is 251 g/mol. The lowest BCUT2D eigenvalue weighted by Gasteiger charge is -2.21. The predicted octanol–water partition coefficient (Wildman–Crippen LogP) is 2.65. The first-order valence-electron chi connectivity index (χ1n) is 6.22. The van der Waals surface area contributed by atoms with Crippen molar-refractivity contribution in [3.8, 4) is 6.07 Å². The summed E-state index contributed by atoms with van der Waals surface area (Å²) in [7, 11) is 1.99. The molecule has 0 aromatic heterocycles. The fraction of sp³-hybridized carbons (Fsp3) is 0.188. The smallest absolute Gasteiger partial charge is 0.101 e. The second-order valence-corrected chi connectivity index (χ2v) is 4.51. The van der Waals surface area contributed by atoms with Gasteiger partial charge in [0.15, 0.2) is 0 Å². The van der Waals surface area contributed by atoms with Gasteiger partial charge in [0.1, 0.15) is 6.07 Å². The van der Waals surface area contributed by atoms with Gasteiger partial charge >= 0.3 is 0 Å². The van der Waals surface area contributed by atoms with Crippen molar-refractivity contribution in [3.63, 3.8) is 0 Å². The first kappa shape index (κ1) is 13.1. The van der Waals surface area contributed by atoms with Crippen molar-refractivity contribution in [2.24, 2.45) is 5.73 Å². The van der Waals surface area contributed by atoms with Gasteiger partial charge < -0.3 is 10.6 Å². The Hall–Kier alpha value is -2.31. The molecule has 0 aliphatic carbocycles. The first-order chi connectivity index (χ1) is 9.24. The molecule has 2 aromatic carbocycles. The summed E-state index contributed by atoms with van der Waals surface area (Å²) in [4.78, 5) is 2.08. The second kappa shape index (κ2) is 6.03. The highest BCUT2D eigenvalue weighted by molar-refractivity contribution is 5.60. The lowest BCUT2D eigenvalue weighted by molar-refractivity contribution is 0.919. The average molecular weight is 251 g/mol. The van der Waals surface area contributed by atoms with Crippen LogP contribution < -0.4 is 10.6 Å². The molecule has 0 heterocycles. The van der Waals surface area contributed by atoms with E-state index in [9.17, 15) is 5.26 Å². The van der Waals surface area contributed by atoms with Gasteiger partial charge in [0.2, 0.25) is 0 Å². The molecule has 0 aliphatic rings. The van der Waals surface area contributed by atoms with Gasteiger partial charge in [-0.05, 0) is 23.3 Å². The van der Waals surface area contributed by atoms with Gasteiger partial charge in [-0.1, -0.05) is 36.4 Å². The maximum absolute atomic E-state index is 9.24. The van der Waals surface area contributed by atoms with Crippen LogP contribution in [0, 0.1) is 11.3 Å². The Morgan fingerprint density at radius 1 is 1.11 bits per heavy atom. The highest BCUT2D eigenvalue weighted by atomic mass is 15.1. The third kappa shape index (κ3) is 3.12. The Bertz CT molecular complexity index is 585. The van der Waals surface area contributed by atoms with Gasteiger partial charge in [-0.3, -0.25) is 0 Å². The third-order valence-electron chi connectivity index (χ3n) is 3.09. The molecule has 3 nitrogen and oxygen atoms in total. The minimum absolute atomic E-state index is 0.456. The summed E-state index contributed by atoms with van der Waals surface area (Å²) in [6.07, 6.45) is 0. The van der Waals surface area contributed by atoms with Crippen molar-refractivity contribution < 1.29 is 0 Å². The summed E-state index contributed by atoms with van der Waals surface area (Å²) in [5.74, 6) is 0. The van der Waals surface area contributed by atoms with Crippen molar-refractivity contribution >= 4 is 5.69 Å². The van der Waals surface area contributed by atoms with E-state index in [-0.39, 0.29) is 0 Å². The van der Waals surface area contributed by atoms with Crippen molar-refractivity contribution in [1.82, 2.24) is 0 Å². The van der Waals surface area contributed by atoms with Crippen LogP contribution >= 0.6 is 0 Å². The highest BCUT2D eigenvalue weighted by Crippen LogP contribution is 2.22. The maximum atomic E-state index is 9.24. The van der Waals surface area contributed by atoms with Crippen LogP contribution in [0.5, 0.6) is 0 Å². The van der Waals surface area contributed by atoms with Gasteiger partial charge in [-0.15, -0.1) is 0 Å². The lowest BCUT2D eigenvalue weighted by Crippen LogP contribution is -2.17. The number of benzene rings is 2. The molecule has 3 heteroatoms. The lowest BCUT2D eigenvalue weighted by atomic mass is 10.1. The van der Waals surface area contributed by atoms with Crippen molar-refractivity contribution in [3.05, 3.63) is 65.2 Å². The molecule has 96 valence electrons. The van der Waals surface area contributed by atoms with Crippen LogP contribution in [0.4, 0.5) is 5.69 Å². The largest absolute Gasteiger partial charge is 0.369 e. The maximum Gasteiger partial charge on any atom is 0.101 e. The van der Waals surface area contributed by atoms with Gasteiger partial charge in [0.25, 0.3) is 0 Å². The number of rotatable bonds is 4. The molecular weight excluding hydrogens is 234 g/mol. The molecule has 0 atom stereocenters. The fourth-order valence-corrected chi connectivity index (χ4v) is 2.08. The molecule has 19 heavy (non-hydrogen) atoms. The van der Waals surface area contributed by atoms with Crippen molar-refractivity contribution in [2.75, 3.05) is 11.9 Å². The normalized spacial score (nSPS) is 9.95. The first-order valence-corrected chi connectivity index (χ1v) is 6.22. The van der Waals surface area contributed by atoms with E-state index in [0.29, 0.717) is 12.1 Å². The molecule has 0 radical (unpaired) electrons. The minimum atomic E-state index is 0.456. The quantitative estimate of drug-likeness (QED) is 0.908. The molecule has 0 saturated heterocycles. The van der Waals surface area contributed by atoms with Gasteiger partial charge in [0.05, 0.1) is 11.3 Å². The molecule has 0 aliphatic heterocycles. The number of nitriles is 1. The number of nitrogens with two attached hydrogens (primary N) is 1. The highest BCUT2D eigenvalue weighted by Gasteiger charge is 2.08. The molecule has 0 bridgehead atoms. The summed E-state index contributed by atoms with van der Waals surface area (Å²) in [6.45, 7) is 1.23. The number of anilines is 1. The Kier molecular flexibility index (Phi) is 4.17. The predicted molar refractivity (Wildman–Crippen MR) is 77.6 cm³/mol. The van der Waals surface area contributed by atoms with Crippen LogP contribution in [-0.4, -0.2) is 7.05 Å². The van der Waals surface area contributed by atoms with Crippen molar-refractivity contribution in [2.45, 2.75) is 13.1 Å². The molecule has 0 fully saturated rings. The van der Waals surface area contributed by atoms with E-state index in [1.807, 2.05) is 43.4 Å². The number of hydrogen-bond donors (Lipinski definition) is 1. The molecule has 0 amide bonds. The third-order valence-corrected chi connectivity index (χ3v) is 3.09. The van der Waals surface area contributed by atoms with Crippen molar-refractivity contribution in [1.29, 1.82) is 5.26 Å². The zero-order valence-electron chi connectivity index (χ0n) is 11.0. The van der Waals surface area contributed by atoms with E-state index in [1.165, 1.54) is 5.56 Å². The Balaban J connectivity index is 2.24. The molecular formula is C16H17N3. The number of nitrogens with zero attached hydrogens (tertiary/aromatic N) is 2. The molecule has 0 unspecified atom stereocenters. The average Bonchev–Trinajstić information content (AvgIpc) is 2.47. The zero-order chi connectivity index (χ0) is 13.7. The standard InChI is InChI=1S/C16H17N3/c1-19(12-13-5-3-2-4-6-13)16-8-7-14(10-17)9-15(16)11-18/h2-9H,10,12,17H2,1H3. The molecule has 2 aromatic rings. The van der Waals surface area contributed by atoms with Crippen LogP contribution in [0.1, 0.15) is 16.7 Å². The minimum Gasteiger partial charge on any atom is -0.369 e. The second-order valence-electron chi connectivity index (χ2n) is 4.51. The SMILES string of the molecule is CN(Cc1ccccc1)c1ccc(CN)cc1C#N. The van der Waals surface area contributed by atoms with E-state index >= 15 is 0 Å². The molecule has 0 saturated carbocycles. The van der Waals surface area contributed by atoms with E-state index in [0.717, 1.165) is 17.8 Å². The summed E-state index contributed by atoms with van der Waals surface area (Å²) in [5.41, 5.74) is 9.40. The Morgan fingerprint density at radius 3 is 2.47 bits per heavy atom. The topological polar surface area (TPSA) is 53.0 Å². The van der Waals surface area contributed by atoms with E-state index < -0.39 is 0 Å². The zero-order valence-corrected chi connectivity index (χ0v) is 11.0. The number of hydrogen-bond acceptors (Lipinski definition) is 3. The molecule has 2 N–H and O–H groups in total. The Labute approximate surface area is 113 Å². The van der Waals surface area contributed by atoms with Gasteiger partial charge in [-0.2, -0.15) is 5.26 Å². The molecule has 2 rings (SSSR count).